The zero-order valence-corrected chi connectivity index (χ0v) is 17.7. The third-order valence-corrected chi connectivity index (χ3v) is 5.25. The summed E-state index contributed by atoms with van der Waals surface area (Å²) in [6.07, 6.45) is 1.49. The molecule has 6 N–H and O–H groups in total. The second-order valence-corrected chi connectivity index (χ2v) is 7.51. The Bertz CT molecular complexity index is 1040. The fourth-order valence-corrected chi connectivity index (χ4v) is 3.52. The average molecular weight is 434 g/mol. The first kappa shape index (κ1) is 21.5. The molecule has 1 atom stereocenters. The standard InChI is InChI=1S/C23H27N7O2/c24-12-19-15-30(10-11-32-19)18-8-6-17(7-9-18)28-23-27-14-20(21(25)31)22(29-23)26-13-16-4-2-1-3-5-16/h1-9,14,19H,10-13,15,24H2,(H2,25,31)(H2,26,27,28,29). The number of hydrogen-bond donors (Lipinski definition) is 4. The molecule has 1 saturated heterocycles. The molecule has 4 rings (SSSR count). The molecule has 9 heteroatoms. The third-order valence-electron chi connectivity index (χ3n) is 5.25. The highest BCUT2D eigenvalue weighted by Crippen LogP contribution is 2.23. The number of nitrogens with two attached hydrogens (primary N) is 2. The van der Waals surface area contributed by atoms with E-state index in [9.17, 15) is 4.79 Å². The van der Waals surface area contributed by atoms with Gasteiger partial charge in [0.1, 0.15) is 5.82 Å². The highest BCUT2D eigenvalue weighted by molar-refractivity contribution is 5.97. The van der Waals surface area contributed by atoms with Crippen LogP contribution in [0.1, 0.15) is 15.9 Å². The van der Waals surface area contributed by atoms with Crippen molar-refractivity contribution in [2.75, 3.05) is 41.8 Å². The summed E-state index contributed by atoms with van der Waals surface area (Å²) in [6, 6.07) is 17.8. The molecule has 9 nitrogen and oxygen atoms in total. The molecule has 2 aromatic carbocycles. The van der Waals surface area contributed by atoms with Crippen molar-refractivity contribution in [3.63, 3.8) is 0 Å². The number of ether oxygens (including phenoxy) is 1. The molecule has 3 aromatic rings. The molecule has 0 radical (unpaired) electrons. The molecule has 166 valence electrons. The van der Waals surface area contributed by atoms with Crippen LogP contribution in [0.15, 0.2) is 60.8 Å². The number of anilines is 4. The Labute approximate surface area is 186 Å². The topological polar surface area (TPSA) is 131 Å². The summed E-state index contributed by atoms with van der Waals surface area (Å²) in [6.45, 7) is 3.29. The second-order valence-electron chi connectivity index (χ2n) is 7.51. The van der Waals surface area contributed by atoms with E-state index < -0.39 is 5.91 Å². The van der Waals surface area contributed by atoms with Crippen molar-refractivity contribution in [1.82, 2.24) is 9.97 Å². The highest BCUT2D eigenvalue weighted by atomic mass is 16.5. The van der Waals surface area contributed by atoms with Crippen molar-refractivity contribution in [2.24, 2.45) is 11.5 Å². The second kappa shape index (κ2) is 10.1. The highest BCUT2D eigenvalue weighted by Gasteiger charge is 2.19. The number of primary amides is 1. The molecule has 2 heterocycles. The predicted octanol–water partition coefficient (Wildman–Crippen LogP) is 2.10. The lowest BCUT2D eigenvalue weighted by Crippen LogP contribution is -2.45. The Morgan fingerprint density at radius 3 is 2.66 bits per heavy atom. The van der Waals surface area contributed by atoms with Crippen molar-refractivity contribution in [2.45, 2.75) is 12.6 Å². The Morgan fingerprint density at radius 1 is 1.16 bits per heavy atom. The van der Waals surface area contributed by atoms with Crippen molar-refractivity contribution in [3.8, 4) is 0 Å². The number of amides is 1. The van der Waals surface area contributed by atoms with Gasteiger partial charge in [-0.3, -0.25) is 4.79 Å². The van der Waals surface area contributed by atoms with Crippen LogP contribution in [0.3, 0.4) is 0 Å². The number of nitrogens with one attached hydrogen (secondary N) is 2. The smallest absolute Gasteiger partial charge is 0.254 e. The van der Waals surface area contributed by atoms with E-state index in [1.165, 1.54) is 6.20 Å². The van der Waals surface area contributed by atoms with Gasteiger partial charge in [-0.15, -0.1) is 0 Å². The summed E-state index contributed by atoms with van der Waals surface area (Å²) < 4.78 is 5.63. The molecule has 1 aromatic heterocycles. The maximum absolute atomic E-state index is 11.8. The van der Waals surface area contributed by atoms with Crippen molar-refractivity contribution < 1.29 is 9.53 Å². The van der Waals surface area contributed by atoms with Crippen LogP contribution in [0.4, 0.5) is 23.1 Å². The number of aromatic nitrogens is 2. The van der Waals surface area contributed by atoms with Gasteiger partial charge < -0.3 is 31.7 Å². The van der Waals surface area contributed by atoms with E-state index in [1.54, 1.807) is 0 Å². The summed E-state index contributed by atoms with van der Waals surface area (Å²) in [5.74, 6) is 0.169. The molecule has 1 aliphatic rings. The number of rotatable bonds is 8. The lowest BCUT2D eigenvalue weighted by Gasteiger charge is -2.34. The number of hydrogen-bond acceptors (Lipinski definition) is 8. The molecule has 0 bridgehead atoms. The Kier molecular flexibility index (Phi) is 6.78. The van der Waals surface area contributed by atoms with Gasteiger partial charge in [0.2, 0.25) is 5.95 Å². The molecule has 1 aliphatic heterocycles. The minimum absolute atomic E-state index is 0.0560. The molecule has 0 saturated carbocycles. The first-order valence-corrected chi connectivity index (χ1v) is 10.5. The molecule has 1 fully saturated rings. The normalized spacial score (nSPS) is 15.9. The van der Waals surface area contributed by atoms with Crippen molar-refractivity contribution in [3.05, 3.63) is 71.9 Å². The number of carbonyl (C=O) groups is 1. The summed E-state index contributed by atoms with van der Waals surface area (Å²) >= 11 is 0. The number of benzene rings is 2. The molecule has 1 amide bonds. The average Bonchev–Trinajstić information content (AvgIpc) is 2.84. The largest absolute Gasteiger partial charge is 0.373 e. The van der Waals surface area contributed by atoms with Gasteiger partial charge >= 0.3 is 0 Å². The zero-order chi connectivity index (χ0) is 22.3. The van der Waals surface area contributed by atoms with E-state index in [1.807, 2.05) is 54.6 Å². The van der Waals surface area contributed by atoms with E-state index in [4.69, 9.17) is 16.2 Å². The molecular weight excluding hydrogens is 406 g/mol. The summed E-state index contributed by atoms with van der Waals surface area (Å²) in [4.78, 5) is 22.8. The molecule has 0 spiro atoms. The summed E-state index contributed by atoms with van der Waals surface area (Å²) in [7, 11) is 0. The van der Waals surface area contributed by atoms with Crippen LogP contribution in [-0.4, -0.2) is 48.2 Å². The van der Waals surface area contributed by atoms with Gasteiger partial charge in [0.15, 0.2) is 0 Å². The first-order chi connectivity index (χ1) is 15.6. The summed E-state index contributed by atoms with van der Waals surface area (Å²) in [5, 5.41) is 6.36. The Hall–Kier alpha value is -3.69. The SMILES string of the molecule is NCC1CN(c2ccc(Nc3ncc(C(N)=O)c(NCc4ccccc4)n3)cc2)CCO1. The first-order valence-electron chi connectivity index (χ1n) is 10.5. The zero-order valence-electron chi connectivity index (χ0n) is 17.7. The van der Waals surface area contributed by atoms with Gasteiger partial charge in [-0.1, -0.05) is 30.3 Å². The van der Waals surface area contributed by atoms with Crippen LogP contribution < -0.4 is 27.0 Å². The van der Waals surface area contributed by atoms with Crippen molar-refractivity contribution >= 4 is 29.0 Å². The van der Waals surface area contributed by atoms with E-state index in [0.717, 1.165) is 30.0 Å². The van der Waals surface area contributed by atoms with E-state index in [2.05, 4.69) is 25.5 Å². The van der Waals surface area contributed by atoms with Gasteiger partial charge in [-0.05, 0) is 29.8 Å². The number of nitrogens with zero attached hydrogens (tertiary/aromatic N) is 3. The third kappa shape index (κ3) is 5.32. The van der Waals surface area contributed by atoms with Gasteiger partial charge in [0, 0.05) is 43.8 Å². The van der Waals surface area contributed by atoms with Crippen molar-refractivity contribution in [1.29, 1.82) is 0 Å². The lowest BCUT2D eigenvalue weighted by atomic mass is 10.2. The van der Waals surface area contributed by atoms with Gasteiger partial charge in [-0.2, -0.15) is 4.98 Å². The van der Waals surface area contributed by atoms with Crippen LogP contribution in [-0.2, 0) is 11.3 Å². The predicted molar refractivity (Wildman–Crippen MR) is 125 cm³/mol. The monoisotopic (exact) mass is 433 g/mol. The molecular formula is C23H27N7O2. The van der Waals surface area contributed by atoms with Crippen LogP contribution in [0.25, 0.3) is 0 Å². The van der Waals surface area contributed by atoms with Crippen LogP contribution in [0, 0.1) is 0 Å². The minimum atomic E-state index is -0.585. The maximum atomic E-state index is 11.8. The minimum Gasteiger partial charge on any atom is -0.373 e. The Morgan fingerprint density at radius 2 is 1.94 bits per heavy atom. The number of morpholine rings is 1. The van der Waals surface area contributed by atoms with Gasteiger partial charge in [0.25, 0.3) is 5.91 Å². The van der Waals surface area contributed by atoms with E-state index >= 15 is 0 Å². The van der Waals surface area contributed by atoms with Crippen LogP contribution in [0.2, 0.25) is 0 Å². The fourth-order valence-electron chi connectivity index (χ4n) is 3.52. The molecule has 32 heavy (non-hydrogen) atoms. The van der Waals surface area contributed by atoms with E-state index in [0.29, 0.717) is 31.5 Å². The van der Waals surface area contributed by atoms with Gasteiger partial charge in [-0.25, -0.2) is 4.98 Å². The van der Waals surface area contributed by atoms with Crippen LogP contribution in [0.5, 0.6) is 0 Å². The fraction of sp³-hybridized carbons (Fsp3) is 0.261. The molecule has 0 aliphatic carbocycles. The number of carbonyl (C=O) groups excluding carboxylic acids is 1. The van der Waals surface area contributed by atoms with E-state index in [-0.39, 0.29) is 11.7 Å². The van der Waals surface area contributed by atoms with Gasteiger partial charge in [0.05, 0.1) is 18.3 Å². The van der Waals surface area contributed by atoms with Crippen LogP contribution >= 0.6 is 0 Å². The quantitative estimate of drug-likeness (QED) is 0.425. The lowest BCUT2D eigenvalue weighted by molar-refractivity contribution is 0.0466. The maximum Gasteiger partial charge on any atom is 0.254 e. The molecule has 1 unspecified atom stereocenters. The summed E-state index contributed by atoms with van der Waals surface area (Å²) in [5.41, 5.74) is 14.5. The Balaban J connectivity index is 1.46.